The molecule has 9 heteroatoms. The first-order valence-corrected chi connectivity index (χ1v) is 15.2. The van der Waals surface area contributed by atoms with Crippen LogP contribution in [-0.4, -0.2) is 34.2 Å². The highest BCUT2D eigenvalue weighted by atomic mass is 35.5. The molecule has 2 aromatic carbocycles. The van der Waals surface area contributed by atoms with E-state index in [2.05, 4.69) is 19.1 Å². The van der Waals surface area contributed by atoms with E-state index in [9.17, 15) is 22.8 Å². The molecule has 0 saturated heterocycles. The molecule has 3 atom stereocenters. The van der Waals surface area contributed by atoms with Crippen molar-refractivity contribution in [1.29, 1.82) is 0 Å². The topological polar surface area (TPSA) is 64.0 Å². The van der Waals surface area contributed by atoms with Crippen LogP contribution >= 0.6 is 11.6 Å². The van der Waals surface area contributed by atoms with Crippen LogP contribution in [0.1, 0.15) is 78.9 Å². The van der Waals surface area contributed by atoms with Crippen molar-refractivity contribution in [3.63, 3.8) is 0 Å². The summed E-state index contributed by atoms with van der Waals surface area (Å²) in [5.74, 6) is 0.0709. The number of nitrogens with zero attached hydrogens (tertiary/aromatic N) is 2. The minimum absolute atomic E-state index is 0.000980. The number of hydrogen-bond donors (Lipinski definition) is 1. The van der Waals surface area contributed by atoms with E-state index in [1.165, 1.54) is 11.6 Å². The van der Waals surface area contributed by atoms with Gasteiger partial charge in [0, 0.05) is 34.6 Å². The van der Waals surface area contributed by atoms with Gasteiger partial charge in [-0.1, -0.05) is 37.4 Å². The average Bonchev–Trinajstić information content (AvgIpc) is 3.26. The van der Waals surface area contributed by atoms with Crippen molar-refractivity contribution >= 4 is 40.3 Å². The zero-order valence-electron chi connectivity index (χ0n) is 24.1. The molecule has 0 spiro atoms. The lowest BCUT2D eigenvalue weighted by molar-refractivity contribution is -0.123. The number of hydrogen-bond acceptors (Lipinski definition) is 3. The number of amides is 1. The molecule has 5 rings (SSSR count). The van der Waals surface area contributed by atoms with Gasteiger partial charge < -0.3 is 5.32 Å². The zero-order valence-corrected chi connectivity index (χ0v) is 24.8. The van der Waals surface area contributed by atoms with Gasteiger partial charge in [0.1, 0.15) is 6.54 Å². The fourth-order valence-electron chi connectivity index (χ4n) is 6.47. The number of aromatic nitrogens is 2. The lowest BCUT2D eigenvalue weighted by atomic mass is 9.79. The average molecular weight is 600 g/mol. The summed E-state index contributed by atoms with van der Waals surface area (Å²) in [6.45, 7) is 3.21. The summed E-state index contributed by atoms with van der Waals surface area (Å²) in [6, 6.07) is 9.16. The van der Waals surface area contributed by atoms with Crippen LogP contribution in [0.15, 0.2) is 42.1 Å². The maximum atomic E-state index is 13.9. The van der Waals surface area contributed by atoms with Gasteiger partial charge >= 0.3 is 6.18 Å². The van der Waals surface area contributed by atoms with E-state index in [4.69, 9.17) is 16.7 Å². The van der Waals surface area contributed by atoms with Crippen molar-refractivity contribution in [3.8, 4) is 0 Å². The van der Waals surface area contributed by atoms with Gasteiger partial charge in [-0.3, -0.25) is 14.3 Å². The Hall–Kier alpha value is -3.13. The van der Waals surface area contributed by atoms with Crippen molar-refractivity contribution in [2.45, 2.75) is 77.9 Å². The highest BCUT2D eigenvalue weighted by Crippen LogP contribution is 2.35. The van der Waals surface area contributed by atoms with Crippen LogP contribution in [-0.2, 0) is 17.8 Å². The molecule has 224 valence electrons. The maximum absolute atomic E-state index is 13.9. The van der Waals surface area contributed by atoms with E-state index in [1.807, 2.05) is 28.3 Å². The van der Waals surface area contributed by atoms with Crippen molar-refractivity contribution in [1.82, 2.24) is 15.1 Å². The zero-order chi connectivity index (χ0) is 30.0. The minimum atomic E-state index is -4.47. The number of benzene rings is 2. The van der Waals surface area contributed by atoms with E-state index in [1.54, 1.807) is 13.0 Å². The van der Waals surface area contributed by atoms with Crippen LogP contribution in [0.4, 0.5) is 13.2 Å². The molecular formula is C33H37ClF3N3O2. The summed E-state index contributed by atoms with van der Waals surface area (Å²) in [5, 5.41) is 8.09. The molecule has 0 aliphatic heterocycles. The Morgan fingerprint density at radius 2 is 1.86 bits per heavy atom. The molecule has 3 aromatic rings. The van der Waals surface area contributed by atoms with Gasteiger partial charge in [0.15, 0.2) is 5.78 Å². The number of halogens is 4. The number of carbonyl (C=O) groups excluding carboxylic acids is 2. The van der Waals surface area contributed by atoms with Gasteiger partial charge in [0.25, 0.3) is 5.91 Å². The van der Waals surface area contributed by atoms with Crippen molar-refractivity contribution in [3.05, 3.63) is 69.4 Å². The Morgan fingerprint density at radius 3 is 2.64 bits per heavy atom. The molecule has 0 radical (unpaired) electrons. The molecule has 42 heavy (non-hydrogen) atoms. The number of aryl methyl sites for hydroxylation is 2. The number of carbonyl (C=O) groups is 2. The summed E-state index contributed by atoms with van der Waals surface area (Å²) < 4.78 is 39.6. The molecule has 3 unspecified atom stereocenters. The number of nitrogens with one attached hydrogen (secondary N) is 1. The number of allylic oxidation sites excluding steroid dienone is 1. The second-order valence-electron chi connectivity index (χ2n) is 12.0. The van der Waals surface area contributed by atoms with Crippen molar-refractivity contribution < 1.29 is 22.8 Å². The van der Waals surface area contributed by atoms with E-state index in [-0.39, 0.29) is 23.2 Å². The second-order valence-corrected chi connectivity index (χ2v) is 12.4. The summed E-state index contributed by atoms with van der Waals surface area (Å²) in [6.07, 6.45) is 7.13. The molecule has 1 aromatic heterocycles. The SMILES string of the molecule is Cc1c(C(=O)NCC(F)(F)F)ccc2nn(CC3CCCCC(C(=O)C4=Cc5cc(Cl)ccc5CCC4C)CC3)cc12. The van der Waals surface area contributed by atoms with Gasteiger partial charge in [-0.05, 0) is 110 Å². The predicted molar refractivity (Wildman–Crippen MR) is 159 cm³/mol. The summed E-state index contributed by atoms with van der Waals surface area (Å²) in [5.41, 5.74) is 4.74. The van der Waals surface area contributed by atoms with Crippen LogP contribution < -0.4 is 5.32 Å². The quantitative estimate of drug-likeness (QED) is 0.311. The van der Waals surface area contributed by atoms with Crippen LogP contribution in [0.5, 0.6) is 0 Å². The molecule has 0 bridgehead atoms. The number of fused-ring (bicyclic) bond motifs is 2. The van der Waals surface area contributed by atoms with Crippen LogP contribution in [0.25, 0.3) is 17.0 Å². The standard InChI is InChI=1S/C33H37ClF3N3O2/c1-20-7-9-23-11-12-26(34)15-25(23)16-28(20)31(41)24-6-4-3-5-22(8-10-24)17-40-18-29-21(2)27(13-14-30(29)39-40)32(42)38-19-33(35,36)37/h11-16,18,20,22,24H,3-10,17,19H2,1-2H3,(H,38,42). The summed E-state index contributed by atoms with van der Waals surface area (Å²) in [4.78, 5) is 26.3. The molecule has 1 N–H and O–H groups in total. The first-order chi connectivity index (χ1) is 20.0. The van der Waals surface area contributed by atoms with Gasteiger partial charge in [0.05, 0.1) is 5.52 Å². The first kappa shape index (κ1) is 30.3. The van der Waals surface area contributed by atoms with Crippen LogP contribution in [0.2, 0.25) is 5.02 Å². The number of Topliss-reactive ketones (excluding diaryl/α,β-unsaturated/α-hetero) is 1. The van der Waals surface area contributed by atoms with Crippen molar-refractivity contribution in [2.75, 3.05) is 6.54 Å². The van der Waals surface area contributed by atoms with Crippen molar-refractivity contribution in [2.24, 2.45) is 17.8 Å². The van der Waals surface area contributed by atoms with Gasteiger partial charge in [0.2, 0.25) is 0 Å². The molecule has 5 nitrogen and oxygen atoms in total. The smallest absolute Gasteiger partial charge is 0.343 e. The van der Waals surface area contributed by atoms with E-state index in [0.29, 0.717) is 28.6 Å². The van der Waals surface area contributed by atoms with Gasteiger partial charge in [-0.15, -0.1) is 0 Å². The highest BCUT2D eigenvalue weighted by molar-refractivity contribution is 6.30. The van der Waals surface area contributed by atoms with Crippen LogP contribution in [0, 0.1) is 24.7 Å². The third-order valence-electron chi connectivity index (χ3n) is 8.94. The Kier molecular flexibility index (Phi) is 9.11. The number of ketones is 1. The van der Waals surface area contributed by atoms with E-state index in [0.717, 1.165) is 67.9 Å². The fourth-order valence-corrected chi connectivity index (χ4v) is 6.65. The normalized spacial score (nSPS) is 21.6. The predicted octanol–water partition coefficient (Wildman–Crippen LogP) is 8.11. The first-order valence-electron chi connectivity index (χ1n) is 14.8. The van der Waals surface area contributed by atoms with E-state index < -0.39 is 18.6 Å². The Morgan fingerprint density at radius 1 is 1.07 bits per heavy atom. The molecular weight excluding hydrogens is 563 g/mol. The Balaban J connectivity index is 1.27. The second kappa shape index (κ2) is 12.6. The Bertz CT molecular complexity index is 1510. The summed E-state index contributed by atoms with van der Waals surface area (Å²) >= 11 is 6.27. The fraction of sp³-hybridized carbons (Fsp3) is 0.485. The van der Waals surface area contributed by atoms with Gasteiger partial charge in [-0.2, -0.15) is 18.3 Å². The lowest BCUT2D eigenvalue weighted by Gasteiger charge is -2.26. The van der Waals surface area contributed by atoms with E-state index >= 15 is 0 Å². The third kappa shape index (κ3) is 7.08. The molecule has 1 heterocycles. The maximum Gasteiger partial charge on any atom is 0.405 e. The highest BCUT2D eigenvalue weighted by Gasteiger charge is 2.30. The monoisotopic (exact) mass is 599 g/mol. The third-order valence-corrected chi connectivity index (χ3v) is 9.17. The van der Waals surface area contributed by atoms with Gasteiger partial charge in [-0.25, -0.2) is 0 Å². The minimum Gasteiger partial charge on any atom is -0.343 e. The largest absolute Gasteiger partial charge is 0.405 e. The van der Waals surface area contributed by atoms with Crippen LogP contribution in [0.3, 0.4) is 0 Å². The molecule has 2 aliphatic carbocycles. The molecule has 1 amide bonds. The number of alkyl halides is 3. The lowest BCUT2D eigenvalue weighted by Crippen LogP contribution is -2.34. The molecule has 1 fully saturated rings. The number of rotatable bonds is 6. The summed E-state index contributed by atoms with van der Waals surface area (Å²) in [7, 11) is 0. The Labute approximate surface area is 249 Å². The molecule has 2 aliphatic rings. The molecule has 1 saturated carbocycles.